The van der Waals surface area contributed by atoms with Crippen molar-refractivity contribution in [3.05, 3.63) is 23.4 Å². The number of carbonyl (C=O) groups excluding carboxylic acids is 1. The van der Waals surface area contributed by atoms with E-state index in [1.54, 1.807) is 0 Å². The first kappa shape index (κ1) is 16.4. The van der Waals surface area contributed by atoms with E-state index in [-0.39, 0.29) is 22.7 Å². The topological polar surface area (TPSA) is 63.3 Å². The number of carbonyl (C=O) groups is 1. The summed E-state index contributed by atoms with van der Waals surface area (Å²) in [5, 5.41) is 10.3. The van der Waals surface area contributed by atoms with Crippen LogP contribution in [0, 0.1) is 34.5 Å². The molecule has 0 bridgehead atoms. The van der Waals surface area contributed by atoms with E-state index in [0.29, 0.717) is 35.8 Å². The van der Waals surface area contributed by atoms with Crippen molar-refractivity contribution in [1.29, 1.82) is 0 Å². The number of allylic oxidation sites excluding steroid dienone is 4. The van der Waals surface area contributed by atoms with Crippen LogP contribution in [-0.2, 0) is 4.79 Å². The van der Waals surface area contributed by atoms with Crippen molar-refractivity contribution < 1.29 is 9.90 Å². The van der Waals surface area contributed by atoms with Gasteiger partial charge in [0.1, 0.15) is 0 Å². The highest BCUT2D eigenvalue weighted by molar-refractivity contribution is 5.97. The van der Waals surface area contributed by atoms with Crippen molar-refractivity contribution >= 4 is 5.78 Å². The Morgan fingerprint density at radius 3 is 2.67 bits per heavy atom. The molecule has 132 valence electrons. The van der Waals surface area contributed by atoms with Gasteiger partial charge in [0.05, 0.1) is 11.8 Å². The molecule has 0 aromatic heterocycles. The number of hydrogen-bond donors (Lipinski definition) is 2. The summed E-state index contributed by atoms with van der Waals surface area (Å²) in [5.41, 5.74) is 8.11. The van der Waals surface area contributed by atoms with Crippen LogP contribution in [-0.4, -0.2) is 17.0 Å². The lowest BCUT2D eigenvalue weighted by Gasteiger charge is -2.56. The van der Waals surface area contributed by atoms with Gasteiger partial charge in [-0.2, -0.15) is 0 Å². The van der Waals surface area contributed by atoms with E-state index in [9.17, 15) is 9.90 Å². The first-order valence-corrected chi connectivity index (χ1v) is 9.69. The van der Waals surface area contributed by atoms with E-state index < -0.39 is 0 Å². The van der Waals surface area contributed by atoms with Gasteiger partial charge in [-0.3, -0.25) is 4.79 Å². The second-order valence-electron chi connectivity index (χ2n) is 9.29. The minimum absolute atomic E-state index is 0.0572. The Balaban J connectivity index is 1.74. The van der Waals surface area contributed by atoms with Crippen molar-refractivity contribution in [2.24, 2.45) is 40.2 Å². The summed E-state index contributed by atoms with van der Waals surface area (Å²) in [6.45, 7) is 6.72. The molecule has 0 radical (unpaired) electrons. The summed E-state index contributed by atoms with van der Waals surface area (Å²) >= 11 is 0. The predicted octanol–water partition coefficient (Wildman–Crippen LogP) is 3.58. The van der Waals surface area contributed by atoms with Crippen LogP contribution in [0.4, 0.5) is 0 Å². The third kappa shape index (κ3) is 1.97. The van der Waals surface area contributed by atoms with Gasteiger partial charge in [-0.25, -0.2) is 0 Å². The summed E-state index contributed by atoms with van der Waals surface area (Å²) < 4.78 is 0. The maximum absolute atomic E-state index is 12.1. The zero-order valence-electron chi connectivity index (χ0n) is 15.2. The number of Topliss-reactive ketones (excluding diaryl/α,β-unsaturated/α-hetero) is 1. The van der Waals surface area contributed by atoms with Crippen molar-refractivity contribution in [3.8, 4) is 0 Å². The van der Waals surface area contributed by atoms with Gasteiger partial charge in [0.25, 0.3) is 0 Å². The molecule has 24 heavy (non-hydrogen) atoms. The smallest absolute Gasteiger partial charge is 0.178 e. The Morgan fingerprint density at radius 2 is 1.96 bits per heavy atom. The van der Waals surface area contributed by atoms with E-state index in [1.165, 1.54) is 19.3 Å². The second kappa shape index (κ2) is 5.20. The fourth-order valence-corrected chi connectivity index (χ4v) is 7.01. The van der Waals surface area contributed by atoms with Crippen molar-refractivity contribution in [2.45, 2.75) is 65.4 Å². The lowest BCUT2D eigenvalue weighted by atomic mass is 9.48. The van der Waals surface area contributed by atoms with Crippen molar-refractivity contribution in [1.82, 2.24) is 0 Å². The highest BCUT2D eigenvalue weighted by Gasteiger charge is 2.58. The monoisotopic (exact) mass is 329 g/mol. The number of rotatable bonds is 1. The quantitative estimate of drug-likeness (QED) is 0.773. The molecule has 0 aromatic rings. The molecule has 3 heteroatoms. The highest BCUT2D eigenvalue weighted by Crippen LogP contribution is 2.65. The van der Waals surface area contributed by atoms with Crippen LogP contribution in [0.25, 0.3) is 0 Å². The molecule has 4 rings (SSSR count). The first-order chi connectivity index (χ1) is 11.3. The zero-order valence-corrected chi connectivity index (χ0v) is 15.2. The molecule has 0 aromatic carbocycles. The molecule has 0 saturated heterocycles. The van der Waals surface area contributed by atoms with Crippen molar-refractivity contribution in [3.63, 3.8) is 0 Å². The molecule has 4 aliphatic carbocycles. The van der Waals surface area contributed by atoms with Gasteiger partial charge in [-0.1, -0.05) is 26.0 Å². The van der Waals surface area contributed by atoms with Gasteiger partial charge >= 0.3 is 0 Å². The van der Waals surface area contributed by atoms with E-state index in [0.717, 1.165) is 18.4 Å². The van der Waals surface area contributed by atoms with E-state index in [4.69, 9.17) is 5.73 Å². The number of nitrogens with two attached hydrogens (primary N) is 1. The molecular formula is C21H31NO2. The SMILES string of the molecule is C[C@H](O)[C@H]1CC[C@H]2[C@@H]3C=CC4=C(N)C(=O)CC[C@]4(C)[C@H]3CC[C@]12C. The summed E-state index contributed by atoms with van der Waals surface area (Å²) in [6.07, 6.45) is 10.6. The largest absolute Gasteiger partial charge is 0.396 e. The molecule has 3 nitrogen and oxygen atoms in total. The van der Waals surface area contributed by atoms with Crippen LogP contribution in [0.2, 0.25) is 0 Å². The van der Waals surface area contributed by atoms with Gasteiger partial charge < -0.3 is 10.8 Å². The van der Waals surface area contributed by atoms with Crippen LogP contribution < -0.4 is 5.73 Å². The minimum atomic E-state index is -0.210. The van der Waals surface area contributed by atoms with Gasteiger partial charge in [0, 0.05) is 6.42 Å². The van der Waals surface area contributed by atoms with E-state index in [1.807, 2.05) is 6.92 Å². The average molecular weight is 329 g/mol. The van der Waals surface area contributed by atoms with Crippen molar-refractivity contribution in [2.75, 3.05) is 0 Å². The van der Waals surface area contributed by atoms with Gasteiger partial charge in [0.2, 0.25) is 0 Å². The Morgan fingerprint density at radius 1 is 1.21 bits per heavy atom. The lowest BCUT2D eigenvalue weighted by Crippen LogP contribution is -2.50. The Labute approximate surface area is 145 Å². The molecule has 0 unspecified atom stereocenters. The third-order valence-electron chi connectivity index (χ3n) is 8.37. The number of aliphatic hydroxyl groups is 1. The molecule has 0 aliphatic heterocycles. The standard InChI is InChI=1S/C21H31NO2/c1-12(23)14-6-7-15-13-4-5-17-19(22)18(24)9-11-21(17,3)16(13)8-10-20(14,15)2/h4-5,12-16,23H,6-11,22H2,1-3H3/t12-,13-,14+,15-,16-,20+,21+/m0/s1. The predicted molar refractivity (Wildman–Crippen MR) is 94.9 cm³/mol. The summed E-state index contributed by atoms with van der Waals surface area (Å²) in [7, 11) is 0. The number of hydrogen-bond acceptors (Lipinski definition) is 3. The summed E-state index contributed by atoms with van der Waals surface area (Å²) in [4.78, 5) is 12.1. The fourth-order valence-electron chi connectivity index (χ4n) is 7.01. The Hall–Kier alpha value is -1.09. The van der Waals surface area contributed by atoms with E-state index >= 15 is 0 Å². The maximum atomic E-state index is 12.1. The normalized spacial score (nSPS) is 48.8. The van der Waals surface area contributed by atoms with Gasteiger partial charge in [-0.05, 0) is 79.1 Å². The average Bonchev–Trinajstić information content (AvgIpc) is 2.89. The second-order valence-corrected chi connectivity index (χ2v) is 9.29. The molecule has 0 amide bonds. The number of aliphatic hydroxyl groups excluding tert-OH is 1. The molecule has 4 aliphatic rings. The van der Waals surface area contributed by atoms with Crippen LogP contribution in [0.1, 0.15) is 59.3 Å². The number of fused-ring (bicyclic) bond motifs is 5. The lowest BCUT2D eigenvalue weighted by molar-refractivity contribution is -0.118. The molecule has 3 N–H and O–H groups in total. The molecule has 2 saturated carbocycles. The number of ketones is 1. The third-order valence-corrected chi connectivity index (χ3v) is 8.37. The zero-order chi connectivity index (χ0) is 17.3. The highest BCUT2D eigenvalue weighted by atomic mass is 16.3. The van der Waals surface area contributed by atoms with Gasteiger partial charge in [-0.15, -0.1) is 0 Å². The van der Waals surface area contributed by atoms with Gasteiger partial charge in [0.15, 0.2) is 5.78 Å². The first-order valence-electron chi connectivity index (χ1n) is 9.69. The summed E-state index contributed by atoms with van der Waals surface area (Å²) in [5.74, 6) is 2.38. The molecule has 2 fully saturated rings. The molecule has 0 spiro atoms. The molecule has 0 heterocycles. The van der Waals surface area contributed by atoms with Crippen LogP contribution >= 0.6 is 0 Å². The van der Waals surface area contributed by atoms with Crippen LogP contribution in [0.15, 0.2) is 23.4 Å². The minimum Gasteiger partial charge on any atom is -0.396 e. The maximum Gasteiger partial charge on any atom is 0.178 e. The summed E-state index contributed by atoms with van der Waals surface area (Å²) in [6, 6.07) is 0. The molecular weight excluding hydrogens is 298 g/mol. The molecule has 7 atom stereocenters. The van der Waals surface area contributed by atoms with Crippen LogP contribution in [0.3, 0.4) is 0 Å². The van der Waals surface area contributed by atoms with Crippen LogP contribution in [0.5, 0.6) is 0 Å². The van der Waals surface area contributed by atoms with E-state index in [2.05, 4.69) is 26.0 Å². The fraction of sp³-hybridized carbons (Fsp3) is 0.762. The Kier molecular flexibility index (Phi) is 3.55. The Bertz CT molecular complexity index is 634.